The van der Waals surface area contributed by atoms with E-state index in [1.165, 1.54) is 83.2 Å². The second kappa shape index (κ2) is 5.94. The van der Waals surface area contributed by atoms with Crippen LogP contribution in [0.2, 0.25) is 0 Å². The van der Waals surface area contributed by atoms with Crippen LogP contribution in [0.5, 0.6) is 5.75 Å². The summed E-state index contributed by atoms with van der Waals surface area (Å²) in [5.74, 6) is 1.62. The Morgan fingerprint density at radius 1 is 0.833 bits per heavy atom. The van der Waals surface area contributed by atoms with Gasteiger partial charge in [-0.2, -0.15) is 0 Å². The van der Waals surface area contributed by atoms with Crippen LogP contribution in [0.4, 0.5) is 17.1 Å². The minimum atomic E-state index is 0.464. The highest BCUT2D eigenvalue weighted by atomic mass is 16.3. The molecule has 1 saturated heterocycles. The normalized spacial score (nSPS) is 23.8. The molecule has 0 aromatic heterocycles. The van der Waals surface area contributed by atoms with Crippen LogP contribution in [0.15, 0.2) is 36.4 Å². The maximum absolute atomic E-state index is 11.2. The molecule has 2 unspecified atom stereocenters. The van der Waals surface area contributed by atoms with Crippen molar-refractivity contribution in [2.24, 2.45) is 0 Å². The van der Waals surface area contributed by atoms with Crippen LogP contribution in [-0.2, 0) is 0 Å². The first-order valence-corrected chi connectivity index (χ1v) is 11.7. The highest BCUT2D eigenvalue weighted by molar-refractivity contribution is 6.17. The summed E-state index contributed by atoms with van der Waals surface area (Å²) in [5, 5.41) is 13.5. The molecular weight excluding hydrogens is 368 g/mol. The van der Waals surface area contributed by atoms with E-state index in [9.17, 15) is 5.11 Å². The average Bonchev–Trinajstić information content (AvgIpc) is 3.28. The largest absolute Gasteiger partial charge is 0.507 e. The van der Waals surface area contributed by atoms with Crippen molar-refractivity contribution in [3.05, 3.63) is 47.5 Å². The maximum atomic E-state index is 11.2. The summed E-state index contributed by atoms with van der Waals surface area (Å²) >= 11 is 0. The molecule has 152 valence electrons. The number of benzene rings is 3. The standard InChI is InChI=1S/C27H28N2O/c1-28-22-10-6-9-19-17-7-5-8-18(17)20-15-24(30)21-13-16(29-11-3-2-4-12-29)14-23(28)26(21)27(20)25(19)22/h6,9-10,13-15,17-18,30H,2-5,7-8,11-12H2,1H3. The molecule has 0 amide bonds. The molecule has 3 heteroatoms. The maximum Gasteiger partial charge on any atom is 0.123 e. The molecule has 2 aliphatic heterocycles. The quantitative estimate of drug-likeness (QED) is 0.499. The van der Waals surface area contributed by atoms with Crippen molar-refractivity contribution in [1.82, 2.24) is 0 Å². The van der Waals surface area contributed by atoms with E-state index in [1.54, 1.807) is 0 Å². The summed E-state index contributed by atoms with van der Waals surface area (Å²) in [6.45, 7) is 2.23. The smallest absolute Gasteiger partial charge is 0.123 e. The van der Waals surface area contributed by atoms with Crippen LogP contribution in [-0.4, -0.2) is 25.2 Å². The number of phenols is 1. The van der Waals surface area contributed by atoms with Crippen molar-refractivity contribution in [2.75, 3.05) is 29.9 Å². The second-order valence-electron chi connectivity index (χ2n) is 9.74. The monoisotopic (exact) mass is 396 g/mol. The minimum Gasteiger partial charge on any atom is -0.507 e. The first-order valence-electron chi connectivity index (χ1n) is 11.7. The van der Waals surface area contributed by atoms with E-state index >= 15 is 0 Å². The Morgan fingerprint density at radius 2 is 1.63 bits per heavy atom. The second-order valence-corrected chi connectivity index (χ2v) is 9.74. The van der Waals surface area contributed by atoms with Gasteiger partial charge in [-0.3, -0.25) is 0 Å². The lowest BCUT2D eigenvalue weighted by molar-refractivity contribution is 0.479. The van der Waals surface area contributed by atoms with Crippen molar-refractivity contribution in [3.8, 4) is 16.9 Å². The number of rotatable bonds is 1. The number of phenolic OH excluding ortho intramolecular Hbond substituents is 1. The number of hydrogen-bond donors (Lipinski definition) is 1. The Kier molecular flexibility index (Phi) is 3.37. The van der Waals surface area contributed by atoms with E-state index in [0.29, 0.717) is 17.6 Å². The number of piperidine rings is 1. The Hall–Kier alpha value is -2.68. The lowest BCUT2D eigenvalue weighted by atomic mass is 9.70. The molecule has 7 rings (SSSR count). The van der Waals surface area contributed by atoms with Gasteiger partial charge in [0.1, 0.15) is 5.75 Å². The van der Waals surface area contributed by atoms with Crippen LogP contribution in [0.1, 0.15) is 61.5 Å². The van der Waals surface area contributed by atoms with Crippen LogP contribution < -0.4 is 9.80 Å². The predicted molar refractivity (Wildman–Crippen MR) is 125 cm³/mol. The first kappa shape index (κ1) is 17.0. The molecule has 1 saturated carbocycles. The van der Waals surface area contributed by atoms with Crippen LogP contribution >= 0.6 is 0 Å². The van der Waals surface area contributed by atoms with Gasteiger partial charge in [-0.25, -0.2) is 0 Å². The molecule has 0 radical (unpaired) electrons. The Bertz CT molecular complexity index is 1210. The SMILES string of the molecule is CN1c2cccc3c2-c2c(cc(O)c4cc(N5CCCCC5)cc1c24)C1CCCC31. The van der Waals surface area contributed by atoms with Crippen LogP contribution in [0.25, 0.3) is 21.9 Å². The van der Waals surface area contributed by atoms with Crippen LogP contribution in [0.3, 0.4) is 0 Å². The van der Waals surface area contributed by atoms with E-state index in [2.05, 4.69) is 53.2 Å². The fourth-order valence-corrected chi connectivity index (χ4v) is 6.93. The van der Waals surface area contributed by atoms with Gasteiger partial charge >= 0.3 is 0 Å². The van der Waals surface area contributed by atoms with E-state index in [4.69, 9.17) is 0 Å². The molecular formula is C27H28N2O. The topological polar surface area (TPSA) is 26.7 Å². The van der Waals surface area contributed by atoms with Crippen LogP contribution in [0, 0.1) is 0 Å². The van der Waals surface area contributed by atoms with Gasteiger partial charge in [0, 0.05) is 47.8 Å². The molecule has 2 fully saturated rings. The molecule has 3 aromatic rings. The molecule has 0 spiro atoms. The molecule has 3 aromatic carbocycles. The molecule has 0 bridgehead atoms. The third kappa shape index (κ3) is 2.06. The number of nitrogens with zero attached hydrogens (tertiary/aromatic N) is 2. The van der Waals surface area contributed by atoms with Gasteiger partial charge in [0.15, 0.2) is 0 Å². The highest BCUT2D eigenvalue weighted by Crippen LogP contribution is 2.62. The van der Waals surface area contributed by atoms with E-state index in [-0.39, 0.29) is 0 Å². The van der Waals surface area contributed by atoms with E-state index in [0.717, 1.165) is 18.5 Å². The zero-order valence-corrected chi connectivity index (χ0v) is 17.6. The van der Waals surface area contributed by atoms with E-state index < -0.39 is 0 Å². The Morgan fingerprint density at radius 3 is 2.47 bits per heavy atom. The molecule has 3 nitrogen and oxygen atoms in total. The molecule has 2 heterocycles. The number of aromatic hydroxyl groups is 1. The summed E-state index contributed by atoms with van der Waals surface area (Å²) in [7, 11) is 2.21. The lowest BCUT2D eigenvalue weighted by Gasteiger charge is -2.40. The van der Waals surface area contributed by atoms with Crippen molar-refractivity contribution in [1.29, 1.82) is 0 Å². The summed E-state index contributed by atoms with van der Waals surface area (Å²) < 4.78 is 0. The predicted octanol–water partition coefficient (Wildman–Crippen LogP) is 6.65. The van der Waals surface area contributed by atoms with Gasteiger partial charge in [0.25, 0.3) is 0 Å². The van der Waals surface area contributed by atoms with Gasteiger partial charge in [0.05, 0.1) is 5.69 Å². The van der Waals surface area contributed by atoms with Crippen molar-refractivity contribution in [2.45, 2.75) is 50.4 Å². The molecule has 1 N–H and O–H groups in total. The average molecular weight is 397 g/mol. The van der Waals surface area contributed by atoms with Gasteiger partial charge in [-0.1, -0.05) is 18.6 Å². The summed E-state index contributed by atoms with van der Waals surface area (Å²) in [5.41, 5.74) is 9.61. The van der Waals surface area contributed by atoms with Crippen molar-refractivity contribution < 1.29 is 5.11 Å². The number of fused-ring (bicyclic) bond motifs is 3. The third-order valence-electron chi connectivity index (χ3n) is 8.29. The third-order valence-corrected chi connectivity index (χ3v) is 8.29. The van der Waals surface area contributed by atoms with E-state index in [1.807, 2.05) is 0 Å². The summed E-state index contributed by atoms with van der Waals surface area (Å²) in [4.78, 5) is 4.88. The minimum absolute atomic E-state index is 0.464. The Balaban J connectivity index is 1.58. The first-order chi connectivity index (χ1) is 14.7. The molecule has 4 aliphatic rings. The zero-order chi connectivity index (χ0) is 20.0. The van der Waals surface area contributed by atoms with Gasteiger partial charge in [0.2, 0.25) is 0 Å². The van der Waals surface area contributed by atoms with Crippen molar-refractivity contribution >= 4 is 27.8 Å². The summed E-state index contributed by atoms with van der Waals surface area (Å²) in [6.07, 6.45) is 7.64. The fourth-order valence-electron chi connectivity index (χ4n) is 6.93. The lowest BCUT2D eigenvalue weighted by Crippen LogP contribution is -2.29. The summed E-state index contributed by atoms with van der Waals surface area (Å²) in [6, 6.07) is 13.7. The fraction of sp³-hybridized carbons (Fsp3) is 0.407. The molecule has 30 heavy (non-hydrogen) atoms. The zero-order valence-electron chi connectivity index (χ0n) is 17.6. The highest BCUT2D eigenvalue weighted by Gasteiger charge is 2.41. The van der Waals surface area contributed by atoms with Gasteiger partial charge < -0.3 is 14.9 Å². The van der Waals surface area contributed by atoms with Crippen molar-refractivity contribution in [3.63, 3.8) is 0 Å². The number of hydrogen-bond acceptors (Lipinski definition) is 3. The Labute approximate surface area is 177 Å². The molecule has 2 aliphatic carbocycles. The number of anilines is 3. The molecule has 2 atom stereocenters. The van der Waals surface area contributed by atoms with Gasteiger partial charge in [-0.05, 0) is 84.9 Å². The van der Waals surface area contributed by atoms with Gasteiger partial charge in [-0.15, -0.1) is 0 Å².